The van der Waals surface area contributed by atoms with Crippen molar-refractivity contribution in [3.63, 3.8) is 0 Å². The summed E-state index contributed by atoms with van der Waals surface area (Å²) in [6.07, 6.45) is 1.90. The van der Waals surface area contributed by atoms with Crippen LogP contribution < -0.4 is 5.73 Å². The van der Waals surface area contributed by atoms with Gasteiger partial charge in [0.2, 0.25) is 5.91 Å². The Hall–Kier alpha value is -0.940. The van der Waals surface area contributed by atoms with Gasteiger partial charge in [-0.25, -0.2) is 4.39 Å². The highest BCUT2D eigenvalue weighted by Gasteiger charge is 2.35. The summed E-state index contributed by atoms with van der Waals surface area (Å²) in [7, 11) is 0. The van der Waals surface area contributed by atoms with Gasteiger partial charge in [0.05, 0.1) is 6.04 Å². The van der Waals surface area contributed by atoms with Gasteiger partial charge in [-0.1, -0.05) is 22.9 Å². The molecular formula is C14H18BrFN2O. The Morgan fingerprint density at radius 1 is 1.53 bits per heavy atom. The molecule has 2 N–H and O–H groups in total. The molecule has 2 unspecified atom stereocenters. The van der Waals surface area contributed by atoms with E-state index in [9.17, 15) is 9.18 Å². The maximum atomic E-state index is 14.1. The van der Waals surface area contributed by atoms with Crippen molar-refractivity contribution in [3.05, 3.63) is 34.1 Å². The Kier molecular flexibility index (Phi) is 4.58. The molecular weight excluding hydrogens is 311 g/mol. The first-order valence-corrected chi connectivity index (χ1v) is 7.34. The third-order valence-corrected chi connectivity index (χ3v) is 3.99. The first-order chi connectivity index (χ1) is 9.04. The largest absolute Gasteiger partial charge is 0.334 e. The molecule has 1 aliphatic rings. The predicted molar refractivity (Wildman–Crippen MR) is 76.1 cm³/mol. The normalized spacial score (nSPS) is 23.8. The maximum absolute atomic E-state index is 14.1. The monoisotopic (exact) mass is 328 g/mol. The number of likely N-dealkylation sites (tertiary alicyclic amines) is 1. The van der Waals surface area contributed by atoms with Crippen molar-refractivity contribution in [2.24, 2.45) is 5.73 Å². The molecule has 19 heavy (non-hydrogen) atoms. The standard InChI is InChI=1S/C14H18BrFN2O/c1-2-7-18-13(19)6-5-12(17)14(18)10-8-9(15)3-4-11(10)16/h3-4,8,12,14H,2,5-7,17H2,1H3. The molecule has 0 saturated carbocycles. The first-order valence-electron chi connectivity index (χ1n) is 6.54. The molecule has 2 rings (SSSR count). The van der Waals surface area contributed by atoms with Gasteiger partial charge in [0.15, 0.2) is 0 Å². The van der Waals surface area contributed by atoms with Crippen LogP contribution in [-0.4, -0.2) is 23.4 Å². The zero-order chi connectivity index (χ0) is 14.0. The van der Waals surface area contributed by atoms with Gasteiger partial charge in [0, 0.05) is 29.0 Å². The zero-order valence-electron chi connectivity index (χ0n) is 10.9. The summed E-state index contributed by atoms with van der Waals surface area (Å²) in [5.74, 6) is -0.243. The van der Waals surface area contributed by atoms with Gasteiger partial charge < -0.3 is 10.6 Å². The van der Waals surface area contributed by atoms with Gasteiger partial charge in [0.1, 0.15) is 5.82 Å². The molecule has 1 fully saturated rings. The highest BCUT2D eigenvalue weighted by atomic mass is 79.9. The first kappa shape index (κ1) is 14.5. The van der Waals surface area contributed by atoms with E-state index in [1.165, 1.54) is 6.07 Å². The molecule has 1 saturated heterocycles. The van der Waals surface area contributed by atoms with Crippen molar-refractivity contribution in [1.29, 1.82) is 0 Å². The Bertz CT molecular complexity index is 481. The van der Waals surface area contributed by atoms with Crippen molar-refractivity contribution < 1.29 is 9.18 Å². The molecule has 1 aromatic carbocycles. The van der Waals surface area contributed by atoms with Crippen molar-refractivity contribution in [2.75, 3.05) is 6.54 Å². The number of nitrogens with zero attached hydrogens (tertiary/aromatic N) is 1. The van der Waals surface area contributed by atoms with Gasteiger partial charge in [0.25, 0.3) is 0 Å². The summed E-state index contributed by atoms with van der Waals surface area (Å²) < 4.78 is 14.9. The van der Waals surface area contributed by atoms with Crippen LogP contribution >= 0.6 is 15.9 Å². The van der Waals surface area contributed by atoms with Crippen LogP contribution in [0.3, 0.4) is 0 Å². The smallest absolute Gasteiger partial charge is 0.223 e. The number of carbonyl (C=O) groups excluding carboxylic acids is 1. The van der Waals surface area contributed by atoms with E-state index >= 15 is 0 Å². The topological polar surface area (TPSA) is 46.3 Å². The number of rotatable bonds is 3. The number of piperidine rings is 1. The number of hydrogen-bond donors (Lipinski definition) is 1. The Morgan fingerprint density at radius 2 is 2.26 bits per heavy atom. The molecule has 3 nitrogen and oxygen atoms in total. The van der Waals surface area contributed by atoms with E-state index in [1.54, 1.807) is 17.0 Å². The van der Waals surface area contributed by atoms with E-state index in [0.717, 1.165) is 10.9 Å². The quantitative estimate of drug-likeness (QED) is 0.927. The van der Waals surface area contributed by atoms with E-state index in [-0.39, 0.29) is 23.8 Å². The van der Waals surface area contributed by atoms with Gasteiger partial charge in [-0.05, 0) is 31.0 Å². The number of carbonyl (C=O) groups is 1. The number of amides is 1. The van der Waals surface area contributed by atoms with Crippen molar-refractivity contribution in [2.45, 2.75) is 38.3 Å². The molecule has 104 valence electrons. The number of benzene rings is 1. The summed E-state index contributed by atoms with van der Waals surface area (Å²) in [6, 6.07) is 4.21. The molecule has 5 heteroatoms. The summed E-state index contributed by atoms with van der Waals surface area (Å²) in [5, 5.41) is 0. The molecule has 2 atom stereocenters. The maximum Gasteiger partial charge on any atom is 0.223 e. The average Bonchev–Trinajstić information content (AvgIpc) is 2.38. The predicted octanol–water partition coefficient (Wildman–Crippen LogP) is 2.99. The highest BCUT2D eigenvalue weighted by Crippen LogP contribution is 2.33. The van der Waals surface area contributed by atoms with Crippen LogP contribution in [0, 0.1) is 5.82 Å². The zero-order valence-corrected chi connectivity index (χ0v) is 12.5. The Balaban J connectivity index is 2.41. The molecule has 0 aromatic heterocycles. The second-order valence-electron chi connectivity index (χ2n) is 4.90. The number of nitrogens with two attached hydrogens (primary N) is 1. The molecule has 1 aliphatic heterocycles. The van der Waals surface area contributed by atoms with Gasteiger partial charge >= 0.3 is 0 Å². The van der Waals surface area contributed by atoms with Crippen LogP contribution in [0.15, 0.2) is 22.7 Å². The lowest BCUT2D eigenvalue weighted by Gasteiger charge is -2.40. The second-order valence-corrected chi connectivity index (χ2v) is 5.82. The van der Waals surface area contributed by atoms with Crippen LogP contribution in [0.2, 0.25) is 0 Å². The lowest BCUT2D eigenvalue weighted by Crippen LogP contribution is -2.49. The van der Waals surface area contributed by atoms with Crippen LogP contribution in [0.25, 0.3) is 0 Å². The van der Waals surface area contributed by atoms with E-state index in [4.69, 9.17) is 5.73 Å². The minimum absolute atomic E-state index is 0.0629. The summed E-state index contributed by atoms with van der Waals surface area (Å²) in [6.45, 7) is 2.62. The molecule has 0 spiro atoms. The van der Waals surface area contributed by atoms with Crippen molar-refractivity contribution in [1.82, 2.24) is 4.90 Å². The molecule has 0 radical (unpaired) electrons. The van der Waals surface area contributed by atoms with E-state index < -0.39 is 0 Å². The van der Waals surface area contributed by atoms with E-state index in [0.29, 0.717) is 24.9 Å². The van der Waals surface area contributed by atoms with Gasteiger partial charge in [-0.3, -0.25) is 4.79 Å². The van der Waals surface area contributed by atoms with E-state index in [2.05, 4.69) is 15.9 Å². The molecule has 1 heterocycles. The Morgan fingerprint density at radius 3 is 2.95 bits per heavy atom. The summed E-state index contributed by atoms with van der Waals surface area (Å²) in [4.78, 5) is 13.8. The second kappa shape index (κ2) is 6.01. The van der Waals surface area contributed by atoms with Crippen LogP contribution in [0.5, 0.6) is 0 Å². The van der Waals surface area contributed by atoms with Crippen molar-refractivity contribution >= 4 is 21.8 Å². The summed E-state index contributed by atoms with van der Waals surface area (Å²) >= 11 is 3.35. The fourth-order valence-corrected chi connectivity index (χ4v) is 3.00. The number of halogens is 2. The third kappa shape index (κ3) is 2.98. The molecule has 1 aromatic rings. The van der Waals surface area contributed by atoms with Crippen molar-refractivity contribution in [3.8, 4) is 0 Å². The average molecular weight is 329 g/mol. The minimum Gasteiger partial charge on any atom is -0.334 e. The SMILES string of the molecule is CCCN1C(=O)CCC(N)C1c1cc(Br)ccc1F. The lowest BCUT2D eigenvalue weighted by molar-refractivity contribution is -0.137. The fraction of sp³-hybridized carbons (Fsp3) is 0.500. The lowest BCUT2D eigenvalue weighted by atomic mass is 9.90. The molecule has 0 aliphatic carbocycles. The highest BCUT2D eigenvalue weighted by molar-refractivity contribution is 9.10. The third-order valence-electron chi connectivity index (χ3n) is 3.49. The molecule has 1 amide bonds. The van der Waals surface area contributed by atoms with Gasteiger partial charge in [-0.2, -0.15) is 0 Å². The van der Waals surface area contributed by atoms with E-state index in [1.807, 2.05) is 6.92 Å². The fourth-order valence-electron chi connectivity index (χ4n) is 2.62. The summed E-state index contributed by atoms with van der Waals surface area (Å²) in [5.41, 5.74) is 6.64. The Labute approximate surface area is 121 Å². The van der Waals surface area contributed by atoms with Crippen LogP contribution in [0.4, 0.5) is 4.39 Å². The minimum atomic E-state index is -0.362. The molecule has 0 bridgehead atoms. The van der Waals surface area contributed by atoms with Crippen LogP contribution in [-0.2, 0) is 4.79 Å². The van der Waals surface area contributed by atoms with Crippen LogP contribution in [0.1, 0.15) is 37.8 Å². The number of hydrogen-bond acceptors (Lipinski definition) is 2. The van der Waals surface area contributed by atoms with Gasteiger partial charge in [-0.15, -0.1) is 0 Å².